The summed E-state index contributed by atoms with van der Waals surface area (Å²) in [4.78, 5) is 16.1. The minimum Gasteiger partial charge on any atom is -0.342 e. The van der Waals surface area contributed by atoms with E-state index >= 15 is 0 Å². The van der Waals surface area contributed by atoms with Crippen LogP contribution in [0.3, 0.4) is 0 Å². The van der Waals surface area contributed by atoms with Crippen molar-refractivity contribution in [3.05, 3.63) is 29.3 Å². The van der Waals surface area contributed by atoms with Crippen LogP contribution in [0.2, 0.25) is 0 Å². The average Bonchev–Trinajstić information content (AvgIpc) is 2.61. The number of benzene rings is 1. The van der Waals surface area contributed by atoms with E-state index in [4.69, 9.17) is 10.4 Å². The monoisotopic (exact) mass is 376 g/mol. The highest BCUT2D eigenvalue weighted by molar-refractivity contribution is 7.89. The van der Waals surface area contributed by atoms with Crippen molar-refractivity contribution < 1.29 is 13.2 Å². The number of sulfonamides is 1. The normalized spacial score (nSPS) is 19.0. The molecule has 2 aliphatic heterocycles. The molecule has 1 aromatic rings. The van der Waals surface area contributed by atoms with Gasteiger partial charge in [-0.25, -0.2) is 13.6 Å². The van der Waals surface area contributed by atoms with Crippen molar-refractivity contribution in [3.63, 3.8) is 0 Å². The zero-order chi connectivity index (χ0) is 18.7. The molecule has 2 N–H and O–H groups in total. The zero-order valence-corrected chi connectivity index (χ0v) is 15.5. The molecular weight excluding hydrogens is 352 g/mol. The first-order chi connectivity index (χ1) is 12.4. The third-order valence-corrected chi connectivity index (χ3v) is 6.22. The molecule has 1 amide bonds. The van der Waals surface area contributed by atoms with Crippen LogP contribution in [0, 0.1) is 17.2 Å². The molecular formula is C18H24N4O3S. The number of carbonyl (C=O) groups excluding carboxylic acids is 1. The smallest absolute Gasteiger partial charge is 0.238 e. The molecule has 0 spiro atoms. The number of hydrogen-bond donors (Lipinski definition) is 1. The Morgan fingerprint density at radius 2 is 1.96 bits per heavy atom. The predicted molar refractivity (Wildman–Crippen MR) is 96.3 cm³/mol. The summed E-state index contributed by atoms with van der Waals surface area (Å²) in [5.41, 5.74) is 2.22. The van der Waals surface area contributed by atoms with Crippen LogP contribution < -0.4 is 5.14 Å². The number of fused-ring (bicyclic) bond motifs is 1. The Bertz CT molecular complexity index is 823. The Morgan fingerprint density at radius 3 is 2.62 bits per heavy atom. The third kappa shape index (κ3) is 4.41. The molecule has 0 radical (unpaired) electrons. The topological polar surface area (TPSA) is 108 Å². The van der Waals surface area contributed by atoms with E-state index in [0.717, 1.165) is 44.5 Å². The van der Waals surface area contributed by atoms with Gasteiger partial charge in [-0.2, -0.15) is 5.26 Å². The van der Waals surface area contributed by atoms with Gasteiger partial charge in [0.05, 0.1) is 11.0 Å². The van der Waals surface area contributed by atoms with Crippen LogP contribution in [-0.2, 0) is 27.8 Å². The third-order valence-electron chi connectivity index (χ3n) is 5.31. The Morgan fingerprint density at radius 1 is 1.23 bits per heavy atom. The highest BCUT2D eigenvalue weighted by Gasteiger charge is 2.26. The SMILES string of the molecule is N#CCC(=O)N1CCC(CN2CCc3ccc(S(N)(=O)=O)cc3C2)CC1. The number of rotatable bonds is 4. The van der Waals surface area contributed by atoms with Crippen LogP contribution in [-0.4, -0.2) is 50.3 Å². The van der Waals surface area contributed by atoms with Gasteiger partial charge in [0.1, 0.15) is 6.42 Å². The second-order valence-corrected chi connectivity index (χ2v) is 8.68. The van der Waals surface area contributed by atoms with Crippen molar-refractivity contribution >= 4 is 15.9 Å². The molecule has 0 aliphatic carbocycles. The molecule has 2 heterocycles. The van der Waals surface area contributed by atoms with Crippen molar-refractivity contribution in [2.45, 2.75) is 37.1 Å². The number of nitriles is 1. The van der Waals surface area contributed by atoms with E-state index in [2.05, 4.69) is 4.90 Å². The predicted octanol–water partition coefficient (Wildman–Crippen LogP) is 0.844. The van der Waals surface area contributed by atoms with Gasteiger partial charge in [-0.15, -0.1) is 0 Å². The lowest BCUT2D eigenvalue weighted by Crippen LogP contribution is -2.42. The molecule has 0 aromatic heterocycles. The van der Waals surface area contributed by atoms with Gasteiger partial charge in [-0.05, 0) is 48.4 Å². The number of primary sulfonamides is 1. The minimum absolute atomic E-state index is 0.0417. The lowest BCUT2D eigenvalue weighted by molar-refractivity contribution is -0.131. The van der Waals surface area contributed by atoms with Gasteiger partial charge in [0.2, 0.25) is 15.9 Å². The first kappa shape index (κ1) is 18.8. The van der Waals surface area contributed by atoms with Crippen molar-refractivity contribution in [2.75, 3.05) is 26.2 Å². The van der Waals surface area contributed by atoms with Gasteiger partial charge in [0, 0.05) is 32.7 Å². The molecule has 1 fully saturated rings. The second kappa shape index (κ2) is 7.74. The number of likely N-dealkylation sites (tertiary alicyclic amines) is 1. The van der Waals surface area contributed by atoms with Gasteiger partial charge in [0.25, 0.3) is 0 Å². The van der Waals surface area contributed by atoms with Gasteiger partial charge in [-0.3, -0.25) is 9.69 Å². The van der Waals surface area contributed by atoms with Crippen LogP contribution >= 0.6 is 0 Å². The van der Waals surface area contributed by atoms with E-state index in [0.29, 0.717) is 19.0 Å². The molecule has 2 aliphatic rings. The molecule has 0 atom stereocenters. The first-order valence-corrected chi connectivity index (χ1v) is 10.4. The maximum absolute atomic E-state index is 11.8. The van der Waals surface area contributed by atoms with E-state index in [-0.39, 0.29) is 17.2 Å². The standard InChI is InChI=1S/C18H24N4O3S/c19-7-3-18(23)22-9-4-14(5-10-22)12-21-8-6-15-1-2-17(26(20,24)25)11-16(15)13-21/h1-2,11,14H,3-6,8-10,12-13H2,(H2,20,24,25). The highest BCUT2D eigenvalue weighted by atomic mass is 32.2. The molecule has 7 nitrogen and oxygen atoms in total. The van der Waals surface area contributed by atoms with Crippen molar-refractivity contribution in [2.24, 2.45) is 11.1 Å². The lowest BCUT2D eigenvalue weighted by Gasteiger charge is -2.36. The quantitative estimate of drug-likeness (QED) is 0.838. The fourth-order valence-electron chi connectivity index (χ4n) is 3.83. The van der Waals surface area contributed by atoms with Crippen LogP contribution in [0.5, 0.6) is 0 Å². The molecule has 3 rings (SSSR count). The average molecular weight is 376 g/mol. The summed E-state index contributed by atoms with van der Waals surface area (Å²) in [5, 5.41) is 13.9. The van der Waals surface area contributed by atoms with Crippen LogP contribution in [0.1, 0.15) is 30.4 Å². The number of nitrogens with zero attached hydrogens (tertiary/aromatic N) is 3. The summed E-state index contributed by atoms with van der Waals surface area (Å²) in [5.74, 6) is 0.442. The summed E-state index contributed by atoms with van der Waals surface area (Å²) >= 11 is 0. The van der Waals surface area contributed by atoms with Gasteiger partial charge >= 0.3 is 0 Å². The van der Waals surface area contributed by atoms with Crippen molar-refractivity contribution in [3.8, 4) is 6.07 Å². The number of amides is 1. The van der Waals surface area contributed by atoms with E-state index in [1.807, 2.05) is 12.1 Å². The number of hydrogen-bond acceptors (Lipinski definition) is 5. The Kier molecular flexibility index (Phi) is 5.61. The molecule has 8 heteroatoms. The van der Waals surface area contributed by atoms with Crippen LogP contribution in [0.15, 0.2) is 23.1 Å². The maximum Gasteiger partial charge on any atom is 0.238 e. The van der Waals surface area contributed by atoms with E-state index in [1.165, 1.54) is 5.56 Å². The molecule has 0 unspecified atom stereocenters. The second-order valence-electron chi connectivity index (χ2n) is 7.12. The molecule has 1 aromatic carbocycles. The van der Waals surface area contributed by atoms with Crippen molar-refractivity contribution in [1.29, 1.82) is 5.26 Å². The summed E-state index contributed by atoms with van der Waals surface area (Å²) in [7, 11) is -3.68. The number of piperidine rings is 1. The fraction of sp³-hybridized carbons (Fsp3) is 0.556. The first-order valence-electron chi connectivity index (χ1n) is 8.88. The maximum atomic E-state index is 11.8. The van der Waals surface area contributed by atoms with Crippen molar-refractivity contribution in [1.82, 2.24) is 9.80 Å². The molecule has 0 bridgehead atoms. The fourth-order valence-corrected chi connectivity index (χ4v) is 4.40. The Hall–Kier alpha value is -1.95. The Labute approximate surface area is 154 Å². The number of nitrogens with two attached hydrogens (primary N) is 1. The molecule has 1 saturated heterocycles. The minimum atomic E-state index is -3.68. The summed E-state index contributed by atoms with van der Waals surface area (Å²) in [6.07, 6.45) is 2.75. The summed E-state index contributed by atoms with van der Waals surface area (Å²) in [6.45, 7) is 4.05. The molecule has 140 valence electrons. The van der Waals surface area contributed by atoms with Gasteiger partial charge in [-0.1, -0.05) is 6.07 Å². The summed E-state index contributed by atoms with van der Waals surface area (Å²) in [6, 6.07) is 7.06. The van der Waals surface area contributed by atoms with Gasteiger partial charge in [0.15, 0.2) is 0 Å². The van der Waals surface area contributed by atoms with Crippen LogP contribution in [0.4, 0.5) is 0 Å². The van der Waals surface area contributed by atoms with E-state index < -0.39 is 10.0 Å². The zero-order valence-electron chi connectivity index (χ0n) is 14.7. The largest absolute Gasteiger partial charge is 0.342 e. The van der Waals surface area contributed by atoms with Crippen LogP contribution in [0.25, 0.3) is 0 Å². The lowest BCUT2D eigenvalue weighted by atomic mass is 9.93. The highest BCUT2D eigenvalue weighted by Crippen LogP contribution is 2.25. The van der Waals surface area contributed by atoms with E-state index in [1.54, 1.807) is 17.0 Å². The molecule has 26 heavy (non-hydrogen) atoms. The van der Waals surface area contributed by atoms with Gasteiger partial charge < -0.3 is 4.90 Å². The van der Waals surface area contributed by atoms with E-state index in [9.17, 15) is 13.2 Å². The summed E-state index contributed by atoms with van der Waals surface area (Å²) < 4.78 is 23.1. The number of carbonyl (C=O) groups is 1. The Balaban J connectivity index is 1.57. The molecule has 0 saturated carbocycles.